The number of carbonyl (C=O) groups is 2. The maximum Gasteiger partial charge on any atom is 0.315 e. The average molecular weight is 432 g/mol. The van der Waals surface area contributed by atoms with Crippen molar-refractivity contribution in [1.82, 2.24) is 10.6 Å². The Balaban J connectivity index is 1.95. The van der Waals surface area contributed by atoms with E-state index >= 15 is 0 Å². The topological polar surface area (TPSA) is 104 Å². The van der Waals surface area contributed by atoms with Gasteiger partial charge in [0.1, 0.15) is 6.04 Å². The third-order valence-electron chi connectivity index (χ3n) is 3.90. The zero-order valence-corrected chi connectivity index (χ0v) is 16.5. The standard InChI is InChI=1S/C16H22BrN3O4S/c1-10(2)14(15(21)18-12-5-3-4-11(17)8-12)20-16(22)19-13-6-7-25(23,24)9-13/h3-5,8,10,13-14H,6-7,9H2,1-2H3,(H,18,21)(H2,19,20,22)/t13-,14+/m1/s1. The predicted octanol–water partition coefficient (Wildman–Crippen LogP) is 1.90. The van der Waals surface area contributed by atoms with Crippen LogP contribution in [0.25, 0.3) is 0 Å². The zero-order valence-electron chi connectivity index (χ0n) is 14.1. The molecule has 1 aromatic rings. The van der Waals surface area contributed by atoms with E-state index in [0.717, 1.165) is 4.47 Å². The van der Waals surface area contributed by atoms with Gasteiger partial charge in [-0.2, -0.15) is 0 Å². The Morgan fingerprint density at radius 2 is 2.00 bits per heavy atom. The Bertz CT molecular complexity index is 752. The number of anilines is 1. The summed E-state index contributed by atoms with van der Waals surface area (Å²) < 4.78 is 23.7. The molecular weight excluding hydrogens is 410 g/mol. The van der Waals surface area contributed by atoms with Crippen molar-refractivity contribution in [3.8, 4) is 0 Å². The summed E-state index contributed by atoms with van der Waals surface area (Å²) in [5, 5.41) is 8.04. The van der Waals surface area contributed by atoms with E-state index in [2.05, 4.69) is 31.9 Å². The number of sulfone groups is 1. The molecule has 3 amide bonds. The lowest BCUT2D eigenvalue weighted by Gasteiger charge is -2.23. The minimum Gasteiger partial charge on any atom is -0.334 e. The van der Waals surface area contributed by atoms with Crippen molar-refractivity contribution in [3.05, 3.63) is 28.7 Å². The molecule has 1 aliphatic heterocycles. The maximum absolute atomic E-state index is 12.5. The molecule has 2 rings (SSSR count). The van der Waals surface area contributed by atoms with Gasteiger partial charge in [0.25, 0.3) is 0 Å². The fraction of sp³-hybridized carbons (Fsp3) is 0.500. The molecule has 1 aromatic carbocycles. The summed E-state index contributed by atoms with van der Waals surface area (Å²) in [5.41, 5.74) is 0.620. The van der Waals surface area contributed by atoms with E-state index < -0.39 is 28.0 Å². The first-order valence-electron chi connectivity index (χ1n) is 8.00. The first-order chi connectivity index (χ1) is 11.7. The fourth-order valence-electron chi connectivity index (χ4n) is 2.60. The minimum absolute atomic E-state index is 0.0585. The summed E-state index contributed by atoms with van der Waals surface area (Å²) in [5.74, 6) is -0.445. The lowest BCUT2D eigenvalue weighted by atomic mass is 10.0. The first kappa shape index (κ1) is 19.7. The van der Waals surface area contributed by atoms with Crippen LogP contribution in [0.15, 0.2) is 28.7 Å². The normalized spacial score (nSPS) is 20.1. The van der Waals surface area contributed by atoms with Gasteiger partial charge < -0.3 is 16.0 Å². The Morgan fingerprint density at radius 3 is 2.56 bits per heavy atom. The summed E-state index contributed by atoms with van der Waals surface area (Å²) in [6.45, 7) is 3.65. The summed E-state index contributed by atoms with van der Waals surface area (Å²) >= 11 is 3.34. The highest BCUT2D eigenvalue weighted by Gasteiger charge is 2.30. The lowest BCUT2D eigenvalue weighted by Crippen LogP contribution is -2.52. The number of nitrogens with one attached hydrogen (secondary N) is 3. The van der Waals surface area contributed by atoms with Gasteiger partial charge in [0.05, 0.1) is 11.5 Å². The highest BCUT2D eigenvalue weighted by atomic mass is 79.9. The SMILES string of the molecule is CC(C)[C@H](NC(=O)N[C@@H]1CCS(=O)(=O)C1)C(=O)Nc1cccc(Br)c1. The molecule has 1 heterocycles. The second kappa shape index (κ2) is 8.18. The summed E-state index contributed by atoms with van der Waals surface area (Å²) in [4.78, 5) is 24.6. The maximum atomic E-state index is 12.5. The second-order valence-corrected chi connectivity index (χ2v) is 9.58. The van der Waals surface area contributed by atoms with Gasteiger partial charge in [-0.05, 0) is 30.5 Å². The van der Waals surface area contributed by atoms with Gasteiger partial charge in [-0.15, -0.1) is 0 Å². The van der Waals surface area contributed by atoms with Crippen molar-refractivity contribution in [1.29, 1.82) is 0 Å². The van der Waals surface area contributed by atoms with E-state index in [9.17, 15) is 18.0 Å². The van der Waals surface area contributed by atoms with Crippen molar-refractivity contribution < 1.29 is 18.0 Å². The Hall–Kier alpha value is -1.61. The third-order valence-corrected chi connectivity index (χ3v) is 6.16. The van der Waals surface area contributed by atoms with Gasteiger partial charge >= 0.3 is 6.03 Å². The molecular formula is C16H22BrN3O4S. The molecule has 2 atom stereocenters. The number of urea groups is 1. The molecule has 0 aliphatic carbocycles. The largest absolute Gasteiger partial charge is 0.334 e. The van der Waals surface area contributed by atoms with Crippen LogP contribution in [0, 0.1) is 5.92 Å². The number of carbonyl (C=O) groups excluding carboxylic acids is 2. The Morgan fingerprint density at radius 1 is 1.28 bits per heavy atom. The molecule has 25 heavy (non-hydrogen) atoms. The number of halogens is 1. The molecule has 0 spiro atoms. The molecule has 1 saturated heterocycles. The summed E-state index contributed by atoms with van der Waals surface area (Å²) in [6.07, 6.45) is 0.395. The quantitative estimate of drug-likeness (QED) is 0.661. The van der Waals surface area contributed by atoms with Crippen molar-refractivity contribution in [2.75, 3.05) is 16.8 Å². The molecule has 0 bridgehead atoms. The van der Waals surface area contributed by atoms with Crippen LogP contribution in [-0.2, 0) is 14.6 Å². The van der Waals surface area contributed by atoms with Gasteiger partial charge in [0.15, 0.2) is 9.84 Å². The van der Waals surface area contributed by atoms with E-state index in [-0.39, 0.29) is 23.3 Å². The van der Waals surface area contributed by atoms with E-state index in [1.165, 1.54) is 0 Å². The molecule has 0 saturated carbocycles. The van der Waals surface area contributed by atoms with Gasteiger partial charge in [0, 0.05) is 16.2 Å². The van der Waals surface area contributed by atoms with Gasteiger partial charge in [-0.1, -0.05) is 35.8 Å². The lowest BCUT2D eigenvalue weighted by molar-refractivity contribution is -0.118. The van der Waals surface area contributed by atoms with Crippen LogP contribution >= 0.6 is 15.9 Å². The molecule has 7 nitrogen and oxygen atoms in total. The number of hydrogen-bond acceptors (Lipinski definition) is 4. The molecule has 138 valence electrons. The van der Waals surface area contributed by atoms with Gasteiger partial charge in [0.2, 0.25) is 5.91 Å². The van der Waals surface area contributed by atoms with Crippen LogP contribution in [0.5, 0.6) is 0 Å². The average Bonchev–Trinajstić information content (AvgIpc) is 2.83. The molecule has 0 unspecified atom stereocenters. The molecule has 1 aliphatic rings. The molecule has 1 fully saturated rings. The zero-order chi connectivity index (χ0) is 18.6. The van der Waals surface area contributed by atoms with Crippen molar-refractivity contribution in [2.24, 2.45) is 5.92 Å². The van der Waals surface area contributed by atoms with Crippen molar-refractivity contribution in [2.45, 2.75) is 32.4 Å². The number of hydrogen-bond donors (Lipinski definition) is 3. The van der Waals surface area contributed by atoms with Crippen LogP contribution in [-0.4, -0.2) is 43.9 Å². The van der Waals surface area contributed by atoms with Crippen molar-refractivity contribution >= 4 is 43.4 Å². The molecule has 0 radical (unpaired) electrons. The van der Waals surface area contributed by atoms with E-state index in [1.807, 2.05) is 19.9 Å². The highest BCUT2D eigenvalue weighted by Crippen LogP contribution is 2.17. The molecule has 0 aromatic heterocycles. The van der Waals surface area contributed by atoms with E-state index in [0.29, 0.717) is 12.1 Å². The second-order valence-electron chi connectivity index (χ2n) is 6.44. The number of benzene rings is 1. The first-order valence-corrected chi connectivity index (χ1v) is 10.6. The van der Waals surface area contributed by atoms with Crippen LogP contribution in [0.2, 0.25) is 0 Å². The number of rotatable bonds is 5. The molecule has 9 heteroatoms. The van der Waals surface area contributed by atoms with E-state index in [4.69, 9.17) is 0 Å². The summed E-state index contributed by atoms with van der Waals surface area (Å²) in [7, 11) is -3.07. The van der Waals surface area contributed by atoms with Crippen LogP contribution in [0.3, 0.4) is 0 Å². The summed E-state index contributed by atoms with van der Waals surface area (Å²) in [6, 6.07) is 5.47. The van der Waals surface area contributed by atoms with Gasteiger partial charge in [-0.3, -0.25) is 4.79 Å². The third kappa shape index (κ3) is 6.00. The predicted molar refractivity (Wildman–Crippen MR) is 100 cm³/mol. The monoisotopic (exact) mass is 431 g/mol. The van der Waals surface area contributed by atoms with Gasteiger partial charge in [-0.25, -0.2) is 13.2 Å². The fourth-order valence-corrected chi connectivity index (χ4v) is 4.67. The molecule has 3 N–H and O–H groups in total. The van der Waals surface area contributed by atoms with Crippen LogP contribution < -0.4 is 16.0 Å². The highest BCUT2D eigenvalue weighted by molar-refractivity contribution is 9.10. The minimum atomic E-state index is -3.07. The van der Waals surface area contributed by atoms with Crippen molar-refractivity contribution in [3.63, 3.8) is 0 Å². The van der Waals surface area contributed by atoms with Crippen LogP contribution in [0.4, 0.5) is 10.5 Å². The number of amides is 3. The Kier molecular flexibility index (Phi) is 6.45. The van der Waals surface area contributed by atoms with Crippen LogP contribution in [0.1, 0.15) is 20.3 Å². The Labute approximate surface area is 156 Å². The van der Waals surface area contributed by atoms with E-state index in [1.54, 1.807) is 18.2 Å². The smallest absolute Gasteiger partial charge is 0.315 e.